The van der Waals surface area contributed by atoms with Crippen LogP contribution < -0.4 is 14.9 Å². The van der Waals surface area contributed by atoms with Crippen molar-refractivity contribution >= 4 is 66.9 Å². The Morgan fingerprint density at radius 1 is 0.871 bits per heavy atom. The van der Waals surface area contributed by atoms with E-state index in [2.05, 4.69) is 31.5 Å². The lowest BCUT2D eigenvalue weighted by molar-refractivity contribution is 0.262. The molecule has 0 spiro atoms. The van der Waals surface area contributed by atoms with Gasteiger partial charge in [-0.1, -0.05) is 42.5 Å². The van der Waals surface area contributed by atoms with Crippen molar-refractivity contribution < 1.29 is 13.6 Å². The van der Waals surface area contributed by atoms with Crippen LogP contribution in [-0.4, -0.2) is 19.8 Å². The van der Waals surface area contributed by atoms with Crippen LogP contribution >= 0.6 is 15.9 Å². The Morgan fingerprint density at radius 3 is 2.29 bits per heavy atom. The van der Waals surface area contributed by atoms with Crippen LogP contribution in [0.1, 0.15) is 0 Å². The zero-order chi connectivity index (χ0) is 21.8. The molecule has 31 heavy (non-hydrogen) atoms. The number of amides is 2. The maximum absolute atomic E-state index is 12.6. The minimum Gasteiger partial charge on any atom is -0.307 e. The number of nitrogens with zero attached hydrogens (tertiary/aromatic N) is 2. The number of nitrogens with one attached hydrogen (secondary N) is 2. The van der Waals surface area contributed by atoms with Crippen LogP contribution in [0, 0.1) is 0 Å². The van der Waals surface area contributed by atoms with Gasteiger partial charge in [0, 0.05) is 16.1 Å². The van der Waals surface area contributed by atoms with E-state index in [1.165, 1.54) is 4.31 Å². The van der Waals surface area contributed by atoms with Crippen LogP contribution in [0.4, 0.5) is 27.5 Å². The maximum Gasteiger partial charge on any atom is 0.323 e. The Bertz CT molecular complexity index is 1280. The fourth-order valence-electron chi connectivity index (χ4n) is 3.14. The first kappa shape index (κ1) is 21.0. The van der Waals surface area contributed by atoms with Gasteiger partial charge in [0.1, 0.15) is 0 Å². The number of carbonyl (C=O) groups is 1. The molecule has 3 aromatic carbocycles. The summed E-state index contributed by atoms with van der Waals surface area (Å²) in [6.07, 6.45) is 1.62. The van der Waals surface area contributed by atoms with E-state index in [-0.39, 0.29) is 0 Å². The number of rotatable bonds is 5. The highest BCUT2D eigenvalue weighted by Gasteiger charge is 2.22. The number of aromatic nitrogens is 1. The van der Waals surface area contributed by atoms with Crippen LogP contribution in [0.5, 0.6) is 0 Å². The number of anilines is 4. The largest absolute Gasteiger partial charge is 0.323 e. The molecule has 1 atom stereocenters. The number of hydrogen-bond donors (Lipinski definition) is 3. The second-order valence-electron chi connectivity index (χ2n) is 6.45. The predicted octanol–water partition coefficient (Wildman–Crippen LogP) is 5.92. The van der Waals surface area contributed by atoms with Crippen molar-refractivity contribution in [3.63, 3.8) is 0 Å². The van der Waals surface area contributed by atoms with Crippen LogP contribution in [-0.2, 0) is 11.3 Å². The molecule has 3 N–H and O–H groups in total. The summed E-state index contributed by atoms with van der Waals surface area (Å²) in [6.45, 7) is 0. The molecular weight excluding hydrogens is 480 g/mol. The van der Waals surface area contributed by atoms with Gasteiger partial charge in [-0.25, -0.2) is 13.3 Å². The van der Waals surface area contributed by atoms with Gasteiger partial charge in [-0.15, -0.1) is 0 Å². The number of hydrogen-bond acceptors (Lipinski definition) is 3. The van der Waals surface area contributed by atoms with Crippen molar-refractivity contribution in [1.29, 1.82) is 0 Å². The van der Waals surface area contributed by atoms with Crippen LogP contribution in [0.15, 0.2) is 89.5 Å². The molecule has 1 heterocycles. The van der Waals surface area contributed by atoms with Gasteiger partial charge >= 0.3 is 6.03 Å². The lowest BCUT2D eigenvalue weighted by atomic mass is 10.1. The van der Waals surface area contributed by atoms with E-state index in [0.717, 1.165) is 9.86 Å². The molecule has 4 aromatic rings. The molecule has 1 unspecified atom stereocenters. The summed E-state index contributed by atoms with van der Waals surface area (Å²) in [6, 6.07) is 22.6. The number of benzene rings is 3. The molecule has 0 saturated heterocycles. The molecule has 4 rings (SSSR count). The van der Waals surface area contributed by atoms with Gasteiger partial charge in [-0.2, -0.15) is 0 Å². The third-order valence-corrected chi connectivity index (χ3v) is 5.88. The molecule has 0 aliphatic rings. The van der Waals surface area contributed by atoms with Crippen LogP contribution in [0.2, 0.25) is 0 Å². The molecule has 0 saturated carbocycles. The summed E-state index contributed by atoms with van der Waals surface area (Å²) in [5.74, 6) is 0. The van der Waals surface area contributed by atoms with Crippen LogP contribution in [0.25, 0.3) is 10.9 Å². The first-order valence-electron chi connectivity index (χ1n) is 9.21. The molecule has 2 amide bonds. The fraction of sp³-hybridized carbons (Fsp3) is 0. The SMILES string of the molecule is O=C(Nc1ccccc1Br)Nc1ccccc1N(c1cccc2cccnc12)S(=O)O. The lowest BCUT2D eigenvalue weighted by Crippen LogP contribution is -2.24. The van der Waals surface area contributed by atoms with E-state index in [0.29, 0.717) is 28.3 Å². The van der Waals surface area contributed by atoms with E-state index in [4.69, 9.17) is 0 Å². The first-order chi connectivity index (χ1) is 15.0. The standard InChI is InChI=1S/C22H17BrN4O3S/c23-16-9-1-2-10-17(16)25-22(28)26-18-11-3-4-12-19(18)27(31(29)30)20-13-5-7-15-8-6-14-24-21(15)20/h1-14H,(H,29,30)(H2,25,26,28). The Labute approximate surface area is 189 Å². The summed E-state index contributed by atoms with van der Waals surface area (Å²) in [4.78, 5) is 17.0. The molecule has 0 bridgehead atoms. The smallest absolute Gasteiger partial charge is 0.307 e. The second kappa shape index (κ2) is 9.25. The highest BCUT2D eigenvalue weighted by Crippen LogP contribution is 2.36. The van der Waals surface area contributed by atoms with Crippen molar-refractivity contribution in [2.24, 2.45) is 0 Å². The molecule has 156 valence electrons. The Kier molecular flexibility index (Phi) is 6.26. The Balaban J connectivity index is 1.71. The van der Waals surface area contributed by atoms with Gasteiger partial charge < -0.3 is 10.6 Å². The first-order valence-corrected chi connectivity index (χ1v) is 11.1. The van der Waals surface area contributed by atoms with E-state index in [1.54, 1.807) is 60.8 Å². The van der Waals surface area contributed by atoms with Crippen molar-refractivity contribution in [3.8, 4) is 0 Å². The quantitative estimate of drug-likeness (QED) is 0.299. The monoisotopic (exact) mass is 496 g/mol. The van der Waals surface area contributed by atoms with Crippen molar-refractivity contribution in [2.45, 2.75) is 0 Å². The molecular formula is C22H17BrN4O3S. The van der Waals surface area contributed by atoms with Gasteiger partial charge in [0.15, 0.2) is 0 Å². The highest BCUT2D eigenvalue weighted by molar-refractivity contribution is 9.10. The third-order valence-electron chi connectivity index (χ3n) is 4.48. The van der Waals surface area contributed by atoms with Gasteiger partial charge in [0.25, 0.3) is 11.3 Å². The molecule has 0 fully saturated rings. The normalized spacial score (nSPS) is 11.7. The predicted molar refractivity (Wildman–Crippen MR) is 128 cm³/mol. The number of carbonyl (C=O) groups excluding carboxylic acids is 1. The van der Waals surface area contributed by atoms with E-state index >= 15 is 0 Å². The molecule has 0 aliphatic carbocycles. The molecule has 0 aliphatic heterocycles. The van der Waals surface area contributed by atoms with E-state index in [9.17, 15) is 13.6 Å². The molecule has 7 nitrogen and oxygen atoms in total. The minimum absolute atomic E-state index is 0.351. The van der Waals surface area contributed by atoms with Crippen LogP contribution in [0.3, 0.4) is 0 Å². The zero-order valence-electron chi connectivity index (χ0n) is 16.0. The molecule has 1 aromatic heterocycles. The average Bonchev–Trinajstić information content (AvgIpc) is 2.77. The Morgan fingerprint density at radius 2 is 1.52 bits per heavy atom. The number of halogens is 1. The van der Waals surface area contributed by atoms with Gasteiger partial charge in [-0.3, -0.25) is 9.54 Å². The summed E-state index contributed by atoms with van der Waals surface area (Å²) >= 11 is 0.976. The fourth-order valence-corrected chi connectivity index (χ4v) is 4.17. The topological polar surface area (TPSA) is 94.6 Å². The summed E-state index contributed by atoms with van der Waals surface area (Å²) in [5.41, 5.74) is 2.32. The maximum atomic E-state index is 12.6. The number of fused-ring (bicyclic) bond motifs is 1. The minimum atomic E-state index is -2.41. The van der Waals surface area contributed by atoms with Gasteiger partial charge in [-0.05, 0) is 52.3 Å². The average molecular weight is 497 g/mol. The number of pyridine rings is 1. The third kappa shape index (κ3) is 4.58. The number of para-hydroxylation sites is 4. The zero-order valence-corrected chi connectivity index (χ0v) is 18.4. The van der Waals surface area contributed by atoms with E-state index in [1.807, 2.05) is 24.3 Å². The Hall–Kier alpha value is -3.27. The highest BCUT2D eigenvalue weighted by atomic mass is 79.9. The van der Waals surface area contributed by atoms with Gasteiger partial charge in [0.05, 0.1) is 28.3 Å². The summed E-state index contributed by atoms with van der Waals surface area (Å²) < 4.78 is 24.5. The van der Waals surface area contributed by atoms with E-state index < -0.39 is 17.3 Å². The summed E-state index contributed by atoms with van der Waals surface area (Å²) in [5, 5.41) is 6.34. The van der Waals surface area contributed by atoms with Gasteiger partial charge in [0.2, 0.25) is 0 Å². The van der Waals surface area contributed by atoms with Crippen molar-refractivity contribution in [1.82, 2.24) is 4.98 Å². The lowest BCUT2D eigenvalue weighted by Gasteiger charge is -2.24. The van der Waals surface area contributed by atoms with Crippen molar-refractivity contribution in [3.05, 3.63) is 89.5 Å². The molecule has 9 heteroatoms. The number of urea groups is 1. The summed E-state index contributed by atoms with van der Waals surface area (Å²) in [7, 11) is 0. The second-order valence-corrected chi connectivity index (χ2v) is 8.13. The van der Waals surface area contributed by atoms with Crippen molar-refractivity contribution in [2.75, 3.05) is 14.9 Å². The molecule has 0 radical (unpaired) electrons.